The van der Waals surface area contributed by atoms with E-state index in [4.69, 9.17) is 9.47 Å². The third-order valence-electron chi connectivity index (χ3n) is 3.43. The Kier molecular flexibility index (Phi) is 26.3. The number of halogens is 2. The average molecular weight is 668 g/mol. The average Bonchev–Trinajstić information content (AvgIpc) is 3.67. The number of allylic oxidation sites excluding steroid dienone is 4. The molecule has 2 aliphatic rings. The van der Waals surface area contributed by atoms with Crippen LogP contribution in [-0.4, -0.2) is 51.9 Å². The van der Waals surface area contributed by atoms with Crippen molar-refractivity contribution in [3.63, 3.8) is 0 Å². The molecule has 1 aliphatic carbocycles. The smallest absolute Gasteiger partial charge is 0.180 e. The lowest BCUT2D eigenvalue weighted by Gasteiger charge is -2.24. The Hall–Kier alpha value is -1.50. The van der Waals surface area contributed by atoms with Crippen LogP contribution in [0.15, 0.2) is 73.1 Å². The van der Waals surface area contributed by atoms with Gasteiger partial charge < -0.3 is 19.4 Å². The molecule has 0 saturated carbocycles. The predicted molar refractivity (Wildman–Crippen MR) is 150 cm³/mol. The molecule has 0 aromatic carbocycles. The second kappa shape index (κ2) is 25.8. The van der Waals surface area contributed by atoms with Crippen LogP contribution in [-0.2, 0) is 9.47 Å². The van der Waals surface area contributed by atoms with E-state index in [1.54, 1.807) is 42.7 Å². The van der Waals surface area contributed by atoms with Crippen LogP contribution >= 0.6 is 45.2 Å². The molecule has 0 radical (unpaired) electrons. The summed E-state index contributed by atoms with van der Waals surface area (Å²) in [5.41, 5.74) is 2.50. The van der Waals surface area contributed by atoms with Gasteiger partial charge in [-0.3, -0.25) is 9.59 Å². The molecule has 0 atom stereocenters. The SMILES string of the molecule is C1=CCC(C2OCCCO2)=C1.C=CC.CI.CI.O=Cc1ccc[nH]1.O=Cc1ccc[nH]1. The molecule has 6 nitrogen and oxygen atoms in total. The molecule has 2 N–H and O–H groups in total. The zero-order chi connectivity index (χ0) is 24.5. The van der Waals surface area contributed by atoms with Crippen LogP contribution in [0.3, 0.4) is 0 Å². The van der Waals surface area contributed by atoms with Crippen molar-refractivity contribution >= 4 is 57.8 Å². The first-order valence-electron chi connectivity index (χ1n) is 9.83. The van der Waals surface area contributed by atoms with Gasteiger partial charge in [0.15, 0.2) is 18.9 Å². The second-order valence-corrected chi connectivity index (χ2v) is 5.70. The van der Waals surface area contributed by atoms with E-state index >= 15 is 0 Å². The number of aldehydes is 2. The Morgan fingerprint density at radius 2 is 1.44 bits per heavy atom. The molecule has 1 aliphatic heterocycles. The van der Waals surface area contributed by atoms with Crippen molar-refractivity contribution in [2.45, 2.75) is 26.1 Å². The zero-order valence-electron chi connectivity index (χ0n) is 18.9. The van der Waals surface area contributed by atoms with E-state index in [1.165, 1.54) is 5.57 Å². The maximum absolute atomic E-state index is 9.84. The molecule has 1 fully saturated rings. The van der Waals surface area contributed by atoms with Crippen molar-refractivity contribution in [2.24, 2.45) is 0 Å². The summed E-state index contributed by atoms with van der Waals surface area (Å²) in [6, 6.07) is 6.99. The number of alkyl halides is 2. The van der Waals surface area contributed by atoms with Gasteiger partial charge in [-0.05, 0) is 59.5 Å². The highest BCUT2D eigenvalue weighted by Crippen LogP contribution is 2.20. The Bertz CT molecular complexity index is 683. The molecule has 4 rings (SSSR count). The van der Waals surface area contributed by atoms with Crippen LogP contribution in [0.5, 0.6) is 0 Å². The minimum Gasteiger partial charge on any atom is -0.359 e. The number of aromatic nitrogens is 2. The Morgan fingerprint density at radius 1 is 0.969 bits per heavy atom. The highest BCUT2D eigenvalue weighted by Gasteiger charge is 2.18. The normalized spacial score (nSPS) is 13.3. The molecule has 0 bridgehead atoms. The van der Waals surface area contributed by atoms with Crippen LogP contribution < -0.4 is 0 Å². The van der Waals surface area contributed by atoms with Crippen LogP contribution in [0.1, 0.15) is 40.7 Å². The molecule has 1 saturated heterocycles. The number of hydrogen-bond donors (Lipinski definition) is 2. The highest BCUT2D eigenvalue weighted by atomic mass is 127. The number of ether oxygens (including phenoxy) is 2. The van der Waals surface area contributed by atoms with E-state index in [-0.39, 0.29) is 6.29 Å². The minimum atomic E-state index is -0.0567. The molecular weight excluding hydrogens is 634 g/mol. The van der Waals surface area contributed by atoms with Crippen molar-refractivity contribution in [1.82, 2.24) is 9.97 Å². The summed E-state index contributed by atoms with van der Waals surface area (Å²) >= 11 is 4.30. The van der Waals surface area contributed by atoms with Crippen LogP contribution in [0.25, 0.3) is 0 Å². The van der Waals surface area contributed by atoms with E-state index < -0.39 is 0 Å². The molecule has 2 aromatic heterocycles. The Balaban J connectivity index is 0. The fourth-order valence-corrected chi connectivity index (χ4v) is 2.18. The number of hydrogen-bond acceptors (Lipinski definition) is 4. The first-order chi connectivity index (χ1) is 15.7. The second-order valence-electron chi connectivity index (χ2n) is 5.70. The maximum atomic E-state index is 9.84. The van der Waals surface area contributed by atoms with E-state index in [0.29, 0.717) is 11.4 Å². The molecular formula is C24H34I2N2O4. The summed E-state index contributed by atoms with van der Waals surface area (Å²) in [5, 5.41) is 0. The standard InChI is InChI=1S/C9H12O2.2C5H5NO.C3H6.2CH3I/c1-2-5-8(4-1)9-10-6-3-7-11-9;2*7-4-5-2-1-3-6-5;1-3-2;2*1-2/h1-2,4,9H,3,5-7H2;2*1-4,6H;3H,1H2,2H3;2*1H3. The van der Waals surface area contributed by atoms with E-state index in [1.807, 2.05) is 16.8 Å². The third-order valence-corrected chi connectivity index (χ3v) is 3.43. The molecule has 8 heteroatoms. The molecule has 0 amide bonds. The molecule has 32 heavy (non-hydrogen) atoms. The third kappa shape index (κ3) is 17.1. The number of aromatic amines is 2. The zero-order valence-corrected chi connectivity index (χ0v) is 23.2. The van der Waals surface area contributed by atoms with E-state index in [0.717, 1.165) is 38.6 Å². The number of H-pyrrole nitrogens is 2. The summed E-state index contributed by atoms with van der Waals surface area (Å²) in [5.74, 6) is 0. The van der Waals surface area contributed by atoms with Gasteiger partial charge >= 0.3 is 0 Å². The van der Waals surface area contributed by atoms with Crippen LogP contribution in [0.4, 0.5) is 0 Å². The number of carbonyl (C=O) groups excluding carboxylic acids is 2. The maximum Gasteiger partial charge on any atom is 0.180 e. The summed E-state index contributed by atoms with van der Waals surface area (Å²) in [7, 11) is 0. The number of rotatable bonds is 3. The molecule has 3 heterocycles. The molecule has 0 spiro atoms. The van der Waals surface area contributed by atoms with E-state index in [9.17, 15) is 9.59 Å². The Morgan fingerprint density at radius 3 is 1.72 bits per heavy atom. The van der Waals surface area contributed by atoms with Gasteiger partial charge in [-0.25, -0.2) is 0 Å². The molecule has 2 aromatic rings. The topological polar surface area (TPSA) is 84.2 Å². The lowest BCUT2D eigenvalue weighted by Crippen LogP contribution is -2.26. The Labute approximate surface area is 219 Å². The fraction of sp³-hybridized carbons (Fsp3) is 0.333. The summed E-state index contributed by atoms with van der Waals surface area (Å²) in [6.45, 7) is 6.92. The fourth-order valence-electron chi connectivity index (χ4n) is 2.18. The largest absolute Gasteiger partial charge is 0.359 e. The minimum absolute atomic E-state index is 0.0567. The lowest BCUT2D eigenvalue weighted by molar-refractivity contribution is -0.156. The number of carbonyl (C=O) groups is 2. The van der Waals surface area contributed by atoms with Gasteiger partial charge in [0, 0.05) is 12.4 Å². The van der Waals surface area contributed by atoms with Gasteiger partial charge in [0.05, 0.1) is 24.6 Å². The van der Waals surface area contributed by atoms with Gasteiger partial charge in [0.1, 0.15) is 0 Å². The van der Waals surface area contributed by atoms with Gasteiger partial charge in [0.2, 0.25) is 0 Å². The van der Waals surface area contributed by atoms with Crippen molar-refractivity contribution < 1.29 is 19.1 Å². The highest BCUT2D eigenvalue weighted by molar-refractivity contribution is 14.1. The first kappa shape index (κ1) is 32.7. The van der Waals surface area contributed by atoms with Crippen molar-refractivity contribution in [3.8, 4) is 0 Å². The lowest BCUT2D eigenvalue weighted by atomic mass is 10.2. The van der Waals surface area contributed by atoms with Gasteiger partial charge in [-0.2, -0.15) is 0 Å². The quantitative estimate of drug-likeness (QED) is 0.168. The van der Waals surface area contributed by atoms with Crippen molar-refractivity contribution in [1.29, 1.82) is 0 Å². The van der Waals surface area contributed by atoms with Gasteiger partial charge in [-0.1, -0.05) is 69.5 Å². The predicted octanol–water partition coefficient (Wildman–Crippen LogP) is 6.58. The van der Waals surface area contributed by atoms with Crippen molar-refractivity contribution in [3.05, 3.63) is 84.5 Å². The summed E-state index contributed by atoms with van der Waals surface area (Å²) < 4.78 is 10.9. The van der Waals surface area contributed by atoms with E-state index in [2.05, 4.69) is 80.0 Å². The summed E-state index contributed by atoms with van der Waals surface area (Å²) in [4.78, 5) is 29.1. The monoisotopic (exact) mass is 668 g/mol. The van der Waals surface area contributed by atoms with Crippen LogP contribution in [0.2, 0.25) is 0 Å². The van der Waals surface area contributed by atoms with Gasteiger partial charge in [-0.15, -0.1) is 6.58 Å². The van der Waals surface area contributed by atoms with Gasteiger partial charge in [0.25, 0.3) is 0 Å². The first-order valence-corrected chi connectivity index (χ1v) is 14.1. The summed E-state index contributed by atoms with van der Waals surface area (Å²) in [6.07, 6.45) is 14.9. The van der Waals surface area contributed by atoms with Crippen LogP contribution in [0, 0.1) is 0 Å². The molecule has 178 valence electrons. The van der Waals surface area contributed by atoms with Crippen molar-refractivity contribution in [2.75, 3.05) is 23.1 Å². The molecule has 0 unspecified atom stereocenters. The number of nitrogens with one attached hydrogen (secondary N) is 2.